The third kappa shape index (κ3) is 2.43. The minimum absolute atomic E-state index is 0.531. The van der Waals surface area contributed by atoms with Gasteiger partial charge < -0.3 is 0 Å². The second kappa shape index (κ2) is 5.17. The van der Waals surface area contributed by atoms with Crippen LogP contribution in [0.5, 0.6) is 0 Å². The third-order valence-corrected chi connectivity index (χ3v) is 4.20. The van der Waals surface area contributed by atoms with E-state index >= 15 is 0 Å². The third-order valence-electron chi connectivity index (χ3n) is 4.20. The van der Waals surface area contributed by atoms with E-state index in [9.17, 15) is 0 Å². The zero-order valence-electron chi connectivity index (χ0n) is 11.7. The average Bonchev–Trinajstić information content (AvgIpc) is 3.09. The van der Waals surface area contributed by atoms with Crippen LogP contribution in [-0.4, -0.2) is 27.8 Å². The summed E-state index contributed by atoms with van der Waals surface area (Å²) in [5, 5.41) is 4.22. The second-order valence-electron chi connectivity index (χ2n) is 5.38. The van der Waals surface area contributed by atoms with Gasteiger partial charge in [0.05, 0.1) is 5.69 Å². The molecule has 1 aliphatic rings. The van der Waals surface area contributed by atoms with Gasteiger partial charge in [0.1, 0.15) is 0 Å². The Morgan fingerprint density at radius 1 is 1.05 bits per heavy atom. The molecule has 100 valence electrons. The van der Waals surface area contributed by atoms with Crippen molar-refractivity contribution in [3.63, 3.8) is 0 Å². The maximum Gasteiger partial charge on any atom is 0.0678 e. The van der Waals surface area contributed by atoms with Crippen molar-refractivity contribution >= 4 is 0 Å². The summed E-state index contributed by atoms with van der Waals surface area (Å²) in [5.74, 6) is 0. The normalized spacial score (nSPS) is 17.8. The van der Waals surface area contributed by atoms with Gasteiger partial charge in [-0.25, -0.2) is 0 Å². The van der Waals surface area contributed by atoms with Crippen LogP contribution in [0.1, 0.15) is 31.4 Å². The maximum atomic E-state index is 4.22. The highest BCUT2D eigenvalue weighted by molar-refractivity contribution is 5.59. The Hall–Kier alpha value is -1.61. The Labute approximate surface area is 114 Å². The summed E-state index contributed by atoms with van der Waals surface area (Å²) in [6.07, 6.45) is 4.53. The zero-order valence-corrected chi connectivity index (χ0v) is 11.7. The van der Waals surface area contributed by atoms with E-state index in [1.165, 1.54) is 42.8 Å². The molecule has 0 radical (unpaired) electrons. The van der Waals surface area contributed by atoms with E-state index in [0.29, 0.717) is 6.04 Å². The number of aromatic nitrogens is 2. The Balaban J connectivity index is 1.80. The van der Waals surface area contributed by atoms with Crippen LogP contribution in [0.15, 0.2) is 36.5 Å². The first kappa shape index (κ1) is 12.4. The van der Waals surface area contributed by atoms with Crippen molar-refractivity contribution in [3.8, 4) is 11.3 Å². The monoisotopic (exact) mass is 255 g/mol. The van der Waals surface area contributed by atoms with Crippen LogP contribution in [0, 0.1) is 0 Å². The first-order valence-electron chi connectivity index (χ1n) is 7.08. The molecule has 0 N–H and O–H groups in total. The molecule has 0 bridgehead atoms. The molecular weight excluding hydrogens is 234 g/mol. The predicted octanol–water partition coefficient (Wildman–Crippen LogP) is 3.24. The fourth-order valence-electron chi connectivity index (χ4n) is 2.93. The molecule has 0 unspecified atom stereocenters. The van der Waals surface area contributed by atoms with Crippen molar-refractivity contribution in [1.82, 2.24) is 14.7 Å². The highest BCUT2D eigenvalue weighted by Gasteiger charge is 2.19. The topological polar surface area (TPSA) is 21.1 Å². The van der Waals surface area contributed by atoms with Crippen molar-refractivity contribution in [2.24, 2.45) is 7.05 Å². The lowest BCUT2D eigenvalue weighted by molar-refractivity contribution is 0.263. The molecule has 1 saturated heterocycles. The van der Waals surface area contributed by atoms with Crippen LogP contribution in [0.3, 0.4) is 0 Å². The number of hydrogen-bond donors (Lipinski definition) is 0. The van der Waals surface area contributed by atoms with Crippen LogP contribution in [0.4, 0.5) is 0 Å². The first-order chi connectivity index (χ1) is 9.25. The quantitative estimate of drug-likeness (QED) is 0.839. The molecule has 2 aromatic rings. The fourth-order valence-corrected chi connectivity index (χ4v) is 2.93. The van der Waals surface area contributed by atoms with Crippen LogP contribution in [0.2, 0.25) is 0 Å². The van der Waals surface area contributed by atoms with Gasteiger partial charge in [-0.15, -0.1) is 0 Å². The summed E-state index contributed by atoms with van der Waals surface area (Å²) in [6, 6.07) is 11.5. The highest BCUT2D eigenvalue weighted by Crippen LogP contribution is 2.26. The van der Waals surface area contributed by atoms with Crippen molar-refractivity contribution in [2.75, 3.05) is 13.1 Å². The van der Waals surface area contributed by atoms with Gasteiger partial charge in [-0.3, -0.25) is 9.58 Å². The van der Waals surface area contributed by atoms with Gasteiger partial charge in [0.2, 0.25) is 0 Å². The minimum atomic E-state index is 0.531. The average molecular weight is 255 g/mol. The van der Waals surface area contributed by atoms with E-state index in [4.69, 9.17) is 0 Å². The van der Waals surface area contributed by atoms with Crippen molar-refractivity contribution in [3.05, 3.63) is 42.1 Å². The van der Waals surface area contributed by atoms with Gasteiger partial charge in [-0.2, -0.15) is 5.10 Å². The van der Waals surface area contributed by atoms with E-state index in [1.54, 1.807) is 0 Å². The highest BCUT2D eigenvalue weighted by atomic mass is 15.3. The zero-order chi connectivity index (χ0) is 13.2. The largest absolute Gasteiger partial charge is 0.297 e. The number of hydrogen-bond acceptors (Lipinski definition) is 2. The Morgan fingerprint density at radius 3 is 2.32 bits per heavy atom. The molecule has 0 amide bonds. The molecule has 1 aromatic heterocycles. The van der Waals surface area contributed by atoms with Gasteiger partial charge in [-0.1, -0.05) is 24.3 Å². The predicted molar refractivity (Wildman–Crippen MR) is 77.9 cm³/mol. The summed E-state index contributed by atoms with van der Waals surface area (Å²) in [6.45, 7) is 4.79. The number of benzene rings is 1. The minimum Gasteiger partial charge on any atom is -0.297 e. The fraction of sp³-hybridized carbons (Fsp3) is 0.438. The SMILES string of the molecule is C[C@H](c1ccc(-c2ccnn2C)cc1)N1CCCC1. The summed E-state index contributed by atoms with van der Waals surface area (Å²) in [5.41, 5.74) is 3.81. The molecular formula is C16H21N3. The number of aryl methyl sites for hydroxylation is 1. The van der Waals surface area contributed by atoms with E-state index < -0.39 is 0 Å². The second-order valence-corrected chi connectivity index (χ2v) is 5.38. The smallest absolute Gasteiger partial charge is 0.0678 e. The van der Waals surface area contributed by atoms with Gasteiger partial charge in [0.25, 0.3) is 0 Å². The molecule has 0 saturated carbocycles. The summed E-state index contributed by atoms with van der Waals surface area (Å²) in [7, 11) is 1.98. The van der Waals surface area contributed by atoms with E-state index in [2.05, 4.69) is 47.3 Å². The standard InChI is InChI=1S/C16H21N3/c1-13(19-11-3-4-12-19)14-5-7-15(8-6-14)16-9-10-17-18(16)2/h5-10,13H,3-4,11-12H2,1-2H3/t13-/m1/s1. The van der Waals surface area contributed by atoms with Gasteiger partial charge in [0, 0.05) is 19.3 Å². The van der Waals surface area contributed by atoms with Crippen LogP contribution >= 0.6 is 0 Å². The van der Waals surface area contributed by atoms with E-state index in [-0.39, 0.29) is 0 Å². The Morgan fingerprint density at radius 2 is 1.74 bits per heavy atom. The summed E-state index contributed by atoms with van der Waals surface area (Å²) >= 11 is 0. The van der Waals surface area contributed by atoms with E-state index in [0.717, 1.165) is 0 Å². The molecule has 19 heavy (non-hydrogen) atoms. The molecule has 0 spiro atoms. The van der Waals surface area contributed by atoms with Gasteiger partial charge >= 0.3 is 0 Å². The summed E-state index contributed by atoms with van der Waals surface area (Å²) < 4.78 is 1.92. The first-order valence-corrected chi connectivity index (χ1v) is 7.08. The molecule has 3 heteroatoms. The number of nitrogens with zero attached hydrogens (tertiary/aromatic N) is 3. The van der Waals surface area contributed by atoms with Crippen molar-refractivity contribution in [1.29, 1.82) is 0 Å². The molecule has 3 nitrogen and oxygen atoms in total. The molecule has 1 aliphatic heterocycles. The molecule has 2 heterocycles. The van der Waals surface area contributed by atoms with Gasteiger partial charge in [0.15, 0.2) is 0 Å². The summed E-state index contributed by atoms with van der Waals surface area (Å²) in [4.78, 5) is 2.57. The molecule has 1 fully saturated rings. The number of likely N-dealkylation sites (tertiary alicyclic amines) is 1. The van der Waals surface area contributed by atoms with Crippen LogP contribution < -0.4 is 0 Å². The van der Waals surface area contributed by atoms with Crippen molar-refractivity contribution in [2.45, 2.75) is 25.8 Å². The van der Waals surface area contributed by atoms with Crippen molar-refractivity contribution < 1.29 is 0 Å². The maximum absolute atomic E-state index is 4.22. The Bertz CT molecular complexity index is 535. The molecule has 0 aliphatic carbocycles. The van der Waals surface area contributed by atoms with Crippen LogP contribution in [0.25, 0.3) is 11.3 Å². The lowest BCUT2D eigenvalue weighted by Crippen LogP contribution is -2.23. The van der Waals surface area contributed by atoms with Crippen LogP contribution in [-0.2, 0) is 7.05 Å². The Kier molecular flexibility index (Phi) is 3.38. The molecule has 3 rings (SSSR count). The molecule has 1 aromatic carbocycles. The van der Waals surface area contributed by atoms with Gasteiger partial charge in [-0.05, 0) is 50.0 Å². The van der Waals surface area contributed by atoms with E-state index in [1.807, 2.05) is 17.9 Å². The number of rotatable bonds is 3. The lowest BCUT2D eigenvalue weighted by atomic mass is 10.0. The lowest BCUT2D eigenvalue weighted by Gasteiger charge is -2.24. The molecule has 1 atom stereocenters.